The number of aromatic nitrogens is 1. The third-order valence-electron chi connectivity index (χ3n) is 5.54. The average molecular weight is 412 g/mol. The van der Waals surface area contributed by atoms with Crippen molar-refractivity contribution in [1.29, 1.82) is 0 Å². The van der Waals surface area contributed by atoms with Gasteiger partial charge in [-0.1, -0.05) is 121 Å². The van der Waals surface area contributed by atoms with Gasteiger partial charge in [0.25, 0.3) is 0 Å². The number of ketones is 1. The first-order valence-electron chi connectivity index (χ1n) is 10.6. The molecule has 0 spiro atoms. The van der Waals surface area contributed by atoms with Crippen molar-refractivity contribution in [3.63, 3.8) is 0 Å². The summed E-state index contributed by atoms with van der Waals surface area (Å²) in [6.07, 6.45) is 1.89. The summed E-state index contributed by atoms with van der Waals surface area (Å²) in [6.45, 7) is 0. The molecule has 0 saturated heterocycles. The summed E-state index contributed by atoms with van der Waals surface area (Å²) in [5.41, 5.74) is 6.74. The van der Waals surface area contributed by atoms with Crippen molar-refractivity contribution in [3.8, 4) is 33.5 Å². The number of pyridine rings is 1. The summed E-state index contributed by atoms with van der Waals surface area (Å²) in [4.78, 5) is 18.8. The number of rotatable bonds is 5. The molecule has 0 fully saturated rings. The lowest BCUT2D eigenvalue weighted by Crippen LogP contribution is -2.09. The third-order valence-corrected chi connectivity index (χ3v) is 5.54. The molecule has 1 heterocycles. The van der Waals surface area contributed by atoms with Gasteiger partial charge in [-0.2, -0.15) is 0 Å². The molecule has 0 aliphatic rings. The number of nitrogens with zero attached hydrogens (tertiary/aromatic N) is 1. The topological polar surface area (TPSA) is 30.0 Å². The Morgan fingerprint density at radius 2 is 1.00 bits per heavy atom. The minimum absolute atomic E-state index is 0.0337. The van der Waals surface area contributed by atoms with Crippen molar-refractivity contribution < 1.29 is 4.79 Å². The number of benzene rings is 4. The smallest absolute Gasteiger partial charge is 0.195 e. The van der Waals surface area contributed by atoms with Gasteiger partial charge in [0.2, 0.25) is 0 Å². The Hall–Kier alpha value is -4.30. The summed E-state index contributed by atoms with van der Waals surface area (Å²) < 4.78 is 0. The summed E-state index contributed by atoms with van der Waals surface area (Å²) >= 11 is 0. The second-order valence-electron chi connectivity index (χ2n) is 7.56. The molecule has 2 nitrogen and oxygen atoms in total. The first-order chi connectivity index (χ1) is 15.8. The zero-order chi connectivity index (χ0) is 21.8. The van der Waals surface area contributed by atoms with E-state index in [1.165, 1.54) is 0 Å². The quantitative estimate of drug-likeness (QED) is 0.284. The standard InChI is InChI=1S/C30H21NO/c32-30(25-19-11-4-12-20-25)28-27(23-15-7-2-8-16-23)26(22-13-5-1-6-14-22)21-31-29(28)24-17-9-3-10-18-24/h1-21H. The summed E-state index contributed by atoms with van der Waals surface area (Å²) in [6, 6.07) is 39.6. The minimum Gasteiger partial charge on any atom is -0.289 e. The first kappa shape index (κ1) is 19.7. The zero-order valence-electron chi connectivity index (χ0n) is 17.5. The second kappa shape index (κ2) is 8.83. The Balaban J connectivity index is 1.88. The molecule has 2 heteroatoms. The number of carbonyl (C=O) groups is 1. The maximum Gasteiger partial charge on any atom is 0.195 e. The van der Waals surface area contributed by atoms with Crippen LogP contribution in [0.25, 0.3) is 33.5 Å². The van der Waals surface area contributed by atoms with Crippen LogP contribution in [-0.4, -0.2) is 10.8 Å². The highest BCUT2D eigenvalue weighted by Crippen LogP contribution is 2.39. The van der Waals surface area contributed by atoms with Crippen LogP contribution in [0.5, 0.6) is 0 Å². The van der Waals surface area contributed by atoms with E-state index in [-0.39, 0.29) is 5.78 Å². The van der Waals surface area contributed by atoms with Gasteiger partial charge in [-0.25, -0.2) is 0 Å². The van der Waals surface area contributed by atoms with E-state index in [0.29, 0.717) is 16.8 Å². The van der Waals surface area contributed by atoms with Gasteiger partial charge in [0.05, 0.1) is 11.3 Å². The molecular formula is C30H21NO. The number of hydrogen-bond donors (Lipinski definition) is 0. The van der Waals surface area contributed by atoms with Crippen LogP contribution >= 0.6 is 0 Å². The fourth-order valence-electron chi connectivity index (χ4n) is 4.02. The van der Waals surface area contributed by atoms with Crippen LogP contribution in [0.15, 0.2) is 128 Å². The van der Waals surface area contributed by atoms with Crippen LogP contribution in [-0.2, 0) is 0 Å². The first-order valence-corrected chi connectivity index (χ1v) is 10.6. The molecule has 5 aromatic rings. The summed E-state index contributed by atoms with van der Waals surface area (Å²) in [5.74, 6) is -0.0337. The van der Waals surface area contributed by atoms with Crippen LogP contribution in [0.4, 0.5) is 0 Å². The maximum absolute atomic E-state index is 14.0. The van der Waals surface area contributed by atoms with Crippen molar-refractivity contribution in [3.05, 3.63) is 139 Å². The lowest BCUT2D eigenvalue weighted by molar-refractivity contribution is 0.103. The molecule has 4 aromatic carbocycles. The highest BCUT2D eigenvalue weighted by atomic mass is 16.1. The average Bonchev–Trinajstić information content (AvgIpc) is 2.89. The molecule has 0 bridgehead atoms. The van der Waals surface area contributed by atoms with Crippen molar-refractivity contribution >= 4 is 5.78 Å². The normalized spacial score (nSPS) is 10.6. The van der Waals surface area contributed by atoms with Crippen molar-refractivity contribution in [1.82, 2.24) is 4.98 Å². The highest BCUT2D eigenvalue weighted by molar-refractivity contribution is 6.18. The van der Waals surface area contributed by atoms with E-state index in [9.17, 15) is 4.79 Å². The summed E-state index contributed by atoms with van der Waals surface area (Å²) in [5, 5.41) is 0. The summed E-state index contributed by atoms with van der Waals surface area (Å²) in [7, 11) is 0. The Morgan fingerprint density at radius 3 is 1.56 bits per heavy atom. The van der Waals surface area contributed by atoms with E-state index < -0.39 is 0 Å². The Bertz CT molecular complexity index is 1350. The monoisotopic (exact) mass is 411 g/mol. The molecular weight excluding hydrogens is 390 g/mol. The van der Waals surface area contributed by atoms with Crippen LogP contribution in [0.1, 0.15) is 15.9 Å². The molecule has 0 amide bonds. The SMILES string of the molecule is O=C(c1ccccc1)c1c(-c2ccccc2)ncc(-c2ccccc2)c1-c1ccccc1. The zero-order valence-corrected chi connectivity index (χ0v) is 17.5. The van der Waals surface area contributed by atoms with Gasteiger partial charge in [-0.15, -0.1) is 0 Å². The van der Waals surface area contributed by atoms with Gasteiger partial charge in [-0.05, 0) is 11.1 Å². The highest BCUT2D eigenvalue weighted by Gasteiger charge is 2.24. The molecule has 152 valence electrons. The van der Waals surface area contributed by atoms with Gasteiger partial charge in [-0.3, -0.25) is 9.78 Å². The van der Waals surface area contributed by atoms with E-state index in [1.54, 1.807) is 0 Å². The molecule has 0 N–H and O–H groups in total. The molecule has 5 rings (SSSR count). The van der Waals surface area contributed by atoms with Gasteiger partial charge >= 0.3 is 0 Å². The molecule has 0 aliphatic heterocycles. The molecule has 0 unspecified atom stereocenters. The molecule has 0 atom stereocenters. The molecule has 1 aromatic heterocycles. The van der Waals surface area contributed by atoms with Crippen LogP contribution in [0.2, 0.25) is 0 Å². The predicted molar refractivity (Wildman–Crippen MR) is 130 cm³/mol. The van der Waals surface area contributed by atoms with E-state index in [4.69, 9.17) is 4.98 Å². The van der Waals surface area contributed by atoms with E-state index >= 15 is 0 Å². The van der Waals surface area contributed by atoms with Crippen LogP contribution in [0.3, 0.4) is 0 Å². The Morgan fingerprint density at radius 1 is 0.531 bits per heavy atom. The lowest BCUT2D eigenvalue weighted by Gasteiger charge is -2.18. The van der Waals surface area contributed by atoms with Crippen LogP contribution in [0, 0.1) is 0 Å². The Kier molecular flexibility index (Phi) is 5.42. The van der Waals surface area contributed by atoms with Gasteiger partial charge < -0.3 is 0 Å². The van der Waals surface area contributed by atoms with Gasteiger partial charge in [0.15, 0.2) is 5.78 Å². The minimum atomic E-state index is -0.0337. The van der Waals surface area contributed by atoms with Crippen molar-refractivity contribution in [2.24, 2.45) is 0 Å². The largest absolute Gasteiger partial charge is 0.289 e. The van der Waals surface area contributed by atoms with E-state index in [1.807, 2.05) is 103 Å². The Labute approximate surface area is 187 Å². The number of carbonyl (C=O) groups excluding carboxylic acids is 1. The molecule has 0 radical (unpaired) electrons. The molecule has 0 aliphatic carbocycles. The fraction of sp³-hybridized carbons (Fsp3) is 0. The second-order valence-corrected chi connectivity index (χ2v) is 7.56. The van der Waals surface area contributed by atoms with Gasteiger partial charge in [0, 0.05) is 28.5 Å². The number of hydrogen-bond acceptors (Lipinski definition) is 2. The van der Waals surface area contributed by atoms with E-state index in [0.717, 1.165) is 27.8 Å². The third kappa shape index (κ3) is 3.75. The van der Waals surface area contributed by atoms with Crippen molar-refractivity contribution in [2.75, 3.05) is 0 Å². The van der Waals surface area contributed by atoms with Crippen LogP contribution < -0.4 is 0 Å². The fourth-order valence-corrected chi connectivity index (χ4v) is 4.02. The molecule has 0 saturated carbocycles. The van der Waals surface area contributed by atoms with Crippen molar-refractivity contribution in [2.45, 2.75) is 0 Å². The van der Waals surface area contributed by atoms with E-state index in [2.05, 4.69) is 24.3 Å². The maximum atomic E-state index is 14.0. The van der Waals surface area contributed by atoms with Gasteiger partial charge in [0.1, 0.15) is 0 Å². The predicted octanol–water partition coefficient (Wildman–Crippen LogP) is 7.31. The molecule has 32 heavy (non-hydrogen) atoms. The lowest BCUT2D eigenvalue weighted by atomic mass is 9.86.